The Morgan fingerprint density at radius 2 is 2.00 bits per heavy atom. The molecule has 11 nitrogen and oxygen atoms in total. The molecule has 31 heavy (non-hydrogen) atoms. The Kier molecular flexibility index (Phi) is 6.65. The number of aromatic amines is 1. The summed E-state index contributed by atoms with van der Waals surface area (Å²) in [6, 6.07) is 7.96. The van der Waals surface area contributed by atoms with E-state index >= 15 is 0 Å². The summed E-state index contributed by atoms with van der Waals surface area (Å²) in [6.45, 7) is 3.42. The van der Waals surface area contributed by atoms with Gasteiger partial charge in [-0.15, -0.1) is 0 Å². The van der Waals surface area contributed by atoms with Gasteiger partial charge in [0.25, 0.3) is 15.6 Å². The maximum Gasteiger partial charge on any atom is 0.263 e. The van der Waals surface area contributed by atoms with E-state index in [9.17, 15) is 23.1 Å². The number of rotatable bonds is 8. The molecule has 0 radical (unpaired) electrons. The van der Waals surface area contributed by atoms with E-state index in [0.717, 1.165) is 17.8 Å². The summed E-state index contributed by atoms with van der Waals surface area (Å²) in [5.41, 5.74) is -0.144. The number of H-pyrrole nitrogens is 1. The van der Waals surface area contributed by atoms with E-state index in [1.165, 1.54) is 30.3 Å². The highest BCUT2D eigenvalue weighted by molar-refractivity contribution is 8.00. The normalized spacial score (nSPS) is 12.3. The van der Waals surface area contributed by atoms with Gasteiger partial charge in [0.15, 0.2) is 11.0 Å². The van der Waals surface area contributed by atoms with Gasteiger partial charge >= 0.3 is 0 Å². The molecule has 0 bridgehead atoms. The number of nitrogens with zero attached hydrogens (tertiary/aromatic N) is 2. The molecule has 0 aliphatic rings. The standard InChI is InChI=1S/C18H19N5O6S2/c1-3-13(30-18-20-15(24)9-16(25)21-18)17(26)19-11-4-6-12(7-5-11)31(27,28)23-14-8-10(2)29-22-14/h4-9,13H,3H2,1-2H3,(H,19,26)(H,22,23)(H2,20,21,24,25). The molecule has 0 fully saturated rings. The molecule has 0 aliphatic carbocycles. The number of carbonyl (C=O) groups is 1. The van der Waals surface area contributed by atoms with Crippen molar-refractivity contribution in [3.63, 3.8) is 0 Å². The lowest BCUT2D eigenvalue weighted by Gasteiger charge is -2.14. The Morgan fingerprint density at radius 1 is 1.29 bits per heavy atom. The molecule has 0 saturated carbocycles. The lowest BCUT2D eigenvalue weighted by atomic mass is 10.3. The maximum atomic E-state index is 12.6. The Hall–Kier alpha value is -3.32. The molecular weight excluding hydrogens is 446 g/mol. The minimum absolute atomic E-state index is 0.0193. The van der Waals surface area contributed by atoms with Gasteiger partial charge in [-0.05, 0) is 37.6 Å². The largest absolute Gasteiger partial charge is 0.493 e. The first-order valence-corrected chi connectivity index (χ1v) is 11.4. The minimum atomic E-state index is -3.87. The Bertz CT molecular complexity index is 1240. The van der Waals surface area contributed by atoms with Crippen LogP contribution in [0.25, 0.3) is 0 Å². The first-order valence-electron chi connectivity index (χ1n) is 9.00. The number of benzene rings is 1. The predicted octanol–water partition coefficient (Wildman–Crippen LogP) is 2.08. The van der Waals surface area contributed by atoms with E-state index in [0.29, 0.717) is 17.9 Å². The molecule has 4 N–H and O–H groups in total. The molecule has 1 amide bonds. The van der Waals surface area contributed by atoms with Crippen molar-refractivity contribution in [2.75, 3.05) is 10.0 Å². The van der Waals surface area contributed by atoms with Crippen LogP contribution in [0.1, 0.15) is 19.1 Å². The number of amides is 1. The van der Waals surface area contributed by atoms with Gasteiger partial charge in [-0.2, -0.15) is 4.98 Å². The number of carbonyl (C=O) groups excluding carboxylic acids is 1. The van der Waals surface area contributed by atoms with Crippen molar-refractivity contribution >= 4 is 39.2 Å². The van der Waals surface area contributed by atoms with Crippen LogP contribution in [-0.4, -0.2) is 39.8 Å². The highest BCUT2D eigenvalue weighted by atomic mass is 32.2. The van der Waals surface area contributed by atoms with Crippen LogP contribution in [0.15, 0.2) is 55.8 Å². The quantitative estimate of drug-likeness (QED) is 0.287. The summed E-state index contributed by atoms with van der Waals surface area (Å²) in [7, 11) is -3.87. The Balaban J connectivity index is 1.67. The van der Waals surface area contributed by atoms with Crippen molar-refractivity contribution in [1.29, 1.82) is 0 Å². The SMILES string of the molecule is CCC(Sc1nc(O)cc(=O)[nH]1)C(=O)Nc1ccc(S(=O)(=O)Nc2cc(C)on2)cc1. The van der Waals surface area contributed by atoms with E-state index in [4.69, 9.17) is 4.52 Å². The Labute approximate surface area is 181 Å². The van der Waals surface area contributed by atoms with Crippen molar-refractivity contribution in [3.8, 4) is 5.88 Å². The van der Waals surface area contributed by atoms with Crippen molar-refractivity contribution in [1.82, 2.24) is 15.1 Å². The van der Waals surface area contributed by atoms with Crippen LogP contribution in [0.4, 0.5) is 11.5 Å². The lowest BCUT2D eigenvalue weighted by molar-refractivity contribution is -0.115. The summed E-state index contributed by atoms with van der Waals surface area (Å²) in [6.07, 6.45) is 0.420. The smallest absolute Gasteiger partial charge is 0.263 e. The first-order chi connectivity index (χ1) is 14.7. The number of hydrogen-bond donors (Lipinski definition) is 4. The average molecular weight is 466 g/mol. The molecule has 3 rings (SSSR count). The minimum Gasteiger partial charge on any atom is -0.493 e. The Morgan fingerprint density at radius 3 is 2.58 bits per heavy atom. The fraction of sp³-hybridized carbons (Fsp3) is 0.222. The van der Waals surface area contributed by atoms with Gasteiger partial charge < -0.3 is 19.9 Å². The van der Waals surface area contributed by atoms with Gasteiger partial charge in [-0.3, -0.25) is 14.3 Å². The highest BCUT2D eigenvalue weighted by Gasteiger charge is 2.21. The van der Waals surface area contributed by atoms with Crippen LogP contribution in [-0.2, 0) is 14.8 Å². The third-order valence-corrected chi connectivity index (χ3v) is 6.54. The fourth-order valence-corrected chi connectivity index (χ4v) is 4.38. The lowest BCUT2D eigenvalue weighted by Crippen LogP contribution is -2.25. The number of aromatic hydroxyl groups is 1. The van der Waals surface area contributed by atoms with E-state index in [1.54, 1.807) is 13.8 Å². The molecule has 0 spiro atoms. The molecule has 0 saturated heterocycles. The van der Waals surface area contributed by atoms with E-state index in [2.05, 4.69) is 25.2 Å². The molecule has 0 aliphatic heterocycles. The summed E-state index contributed by atoms with van der Waals surface area (Å²) in [4.78, 5) is 30.2. The first kappa shape index (κ1) is 22.4. The number of aryl methyl sites for hydroxylation is 1. The number of sulfonamides is 1. The molecule has 2 heterocycles. The maximum absolute atomic E-state index is 12.6. The van der Waals surface area contributed by atoms with Crippen LogP contribution in [0, 0.1) is 6.92 Å². The molecule has 1 aromatic carbocycles. The number of aromatic nitrogens is 3. The summed E-state index contributed by atoms with van der Waals surface area (Å²) >= 11 is 0.995. The molecule has 2 aromatic heterocycles. The van der Waals surface area contributed by atoms with Crippen LogP contribution in [0.3, 0.4) is 0 Å². The van der Waals surface area contributed by atoms with Crippen molar-refractivity contribution in [3.05, 3.63) is 52.5 Å². The fourth-order valence-electron chi connectivity index (χ4n) is 2.49. The zero-order valence-corrected chi connectivity index (χ0v) is 18.1. The molecular formula is C18H19N5O6S2. The van der Waals surface area contributed by atoms with Crippen molar-refractivity contribution < 1.29 is 22.8 Å². The van der Waals surface area contributed by atoms with Crippen LogP contribution < -0.4 is 15.6 Å². The number of thioether (sulfide) groups is 1. The number of hydrogen-bond acceptors (Lipinski definition) is 9. The van der Waals surface area contributed by atoms with Crippen LogP contribution >= 0.6 is 11.8 Å². The van der Waals surface area contributed by atoms with Gasteiger partial charge in [0.05, 0.1) is 16.2 Å². The predicted molar refractivity (Wildman–Crippen MR) is 114 cm³/mol. The van der Waals surface area contributed by atoms with Gasteiger partial charge in [0, 0.05) is 11.8 Å². The average Bonchev–Trinajstić information content (AvgIpc) is 3.09. The topological polar surface area (TPSA) is 167 Å². The number of nitrogens with one attached hydrogen (secondary N) is 3. The third-order valence-electron chi connectivity index (χ3n) is 3.92. The van der Waals surface area contributed by atoms with Crippen molar-refractivity contribution in [2.45, 2.75) is 35.6 Å². The second kappa shape index (κ2) is 9.22. The zero-order chi connectivity index (χ0) is 22.6. The van der Waals surface area contributed by atoms with Gasteiger partial charge in [-0.1, -0.05) is 23.8 Å². The van der Waals surface area contributed by atoms with Crippen LogP contribution in [0.5, 0.6) is 5.88 Å². The third kappa shape index (κ3) is 5.86. The monoisotopic (exact) mass is 465 g/mol. The highest BCUT2D eigenvalue weighted by Crippen LogP contribution is 2.24. The molecule has 13 heteroatoms. The van der Waals surface area contributed by atoms with Crippen molar-refractivity contribution in [2.24, 2.45) is 0 Å². The second-order valence-electron chi connectivity index (χ2n) is 6.37. The summed E-state index contributed by atoms with van der Waals surface area (Å²) in [5.74, 6) is -0.279. The number of anilines is 2. The van der Waals surface area contributed by atoms with E-state index in [-0.39, 0.29) is 21.8 Å². The van der Waals surface area contributed by atoms with Gasteiger partial charge in [0.1, 0.15) is 5.76 Å². The summed E-state index contributed by atoms with van der Waals surface area (Å²) in [5, 5.41) is 15.2. The molecule has 1 atom stereocenters. The summed E-state index contributed by atoms with van der Waals surface area (Å²) < 4.78 is 32.0. The van der Waals surface area contributed by atoms with E-state index < -0.39 is 26.7 Å². The second-order valence-corrected chi connectivity index (χ2v) is 9.24. The molecule has 3 aromatic rings. The van der Waals surface area contributed by atoms with Gasteiger partial charge in [-0.25, -0.2) is 8.42 Å². The van der Waals surface area contributed by atoms with E-state index in [1.807, 2.05) is 0 Å². The van der Waals surface area contributed by atoms with Gasteiger partial charge in [0.2, 0.25) is 11.8 Å². The van der Waals surface area contributed by atoms with Crippen LogP contribution in [0.2, 0.25) is 0 Å². The molecule has 1 unspecified atom stereocenters. The molecule has 164 valence electrons. The zero-order valence-electron chi connectivity index (χ0n) is 16.4.